The Balaban J connectivity index is 2.37. The fraction of sp³-hybridized carbons (Fsp3) is 0.333. The van der Waals surface area contributed by atoms with Gasteiger partial charge in [-0.05, 0) is 44.0 Å². The first kappa shape index (κ1) is 12.7. The van der Waals surface area contributed by atoms with Crippen LogP contribution in [0.2, 0.25) is 0 Å². The van der Waals surface area contributed by atoms with Crippen molar-refractivity contribution in [1.29, 1.82) is 0 Å². The second-order valence-corrected chi connectivity index (χ2v) is 4.50. The SMILES string of the molecule is COc1ccc(C(N)c2c(C)oc(C)c2C)cc1. The second-order valence-electron chi connectivity index (χ2n) is 4.50. The molecule has 2 aromatic rings. The zero-order valence-electron chi connectivity index (χ0n) is 11.3. The Morgan fingerprint density at radius 3 is 2.11 bits per heavy atom. The number of hydrogen-bond donors (Lipinski definition) is 1. The molecule has 3 nitrogen and oxygen atoms in total. The molecule has 96 valence electrons. The monoisotopic (exact) mass is 245 g/mol. The average molecular weight is 245 g/mol. The number of furan rings is 1. The van der Waals surface area contributed by atoms with Crippen LogP contribution in [0.1, 0.15) is 34.3 Å². The lowest BCUT2D eigenvalue weighted by Crippen LogP contribution is -2.13. The molecule has 2 rings (SSSR count). The first-order valence-corrected chi connectivity index (χ1v) is 6.00. The van der Waals surface area contributed by atoms with Gasteiger partial charge in [0.05, 0.1) is 13.2 Å². The van der Waals surface area contributed by atoms with Gasteiger partial charge in [0.15, 0.2) is 0 Å². The molecule has 0 amide bonds. The number of rotatable bonds is 3. The predicted molar refractivity (Wildman–Crippen MR) is 71.9 cm³/mol. The molecule has 3 heteroatoms. The summed E-state index contributed by atoms with van der Waals surface area (Å²) in [7, 11) is 1.66. The van der Waals surface area contributed by atoms with Crippen LogP contribution in [0.4, 0.5) is 0 Å². The Morgan fingerprint density at radius 1 is 1.06 bits per heavy atom. The van der Waals surface area contributed by atoms with Gasteiger partial charge in [-0.2, -0.15) is 0 Å². The molecule has 1 atom stereocenters. The van der Waals surface area contributed by atoms with E-state index in [-0.39, 0.29) is 6.04 Å². The van der Waals surface area contributed by atoms with Crippen LogP contribution in [0.15, 0.2) is 28.7 Å². The van der Waals surface area contributed by atoms with Gasteiger partial charge in [0, 0.05) is 5.56 Å². The second kappa shape index (κ2) is 4.86. The molecule has 0 saturated heterocycles. The van der Waals surface area contributed by atoms with Crippen molar-refractivity contribution in [2.45, 2.75) is 26.8 Å². The van der Waals surface area contributed by atoms with Crippen molar-refractivity contribution in [1.82, 2.24) is 0 Å². The van der Waals surface area contributed by atoms with Gasteiger partial charge >= 0.3 is 0 Å². The summed E-state index contributed by atoms with van der Waals surface area (Å²) >= 11 is 0. The molecule has 0 fully saturated rings. The maximum atomic E-state index is 6.32. The Morgan fingerprint density at radius 2 is 1.67 bits per heavy atom. The van der Waals surface area contributed by atoms with Crippen molar-refractivity contribution in [2.24, 2.45) is 5.73 Å². The van der Waals surface area contributed by atoms with Crippen LogP contribution < -0.4 is 10.5 Å². The lowest BCUT2D eigenvalue weighted by molar-refractivity contribution is 0.414. The Kier molecular flexibility index (Phi) is 3.43. The lowest BCUT2D eigenvalue weighted by Gasteiger charge is -2.13. The molecule has 0 saturated carbocycles. The van der Waals surface area contributed by atoms with Crippen LogP contribution >= 0.6 is 0 Å². The van der Waals surface area contributed by atoms with Crippen molar-refractivity contribution in [3.63, 3.8) is 0 Å². The summed E-state index contributed by atoms with van der Waals surface area (Å²) < 4.78 is 10.8. The van der Waals surface area contributed by atoms with Crippen LogP contribution in [0.3, 0.4) is 0 Å². The normalized spacial score (nSPS) is 12.5. The molecule has 1 aromatic heterocycles. The molecule has 18 heavy (non-hydrogen) atoms. The molecule has 0 aliphatic rings. The Bertz CT molecular complexity index is 540. The standard InChI is InChI=1S/C15H19NO2/c1-9-10(2)18-11(3)14(9)15(16)12-5-7-13(17-4)8-6-12/h5-8,15H,16H2,1-4H3. The number of aryl methyl sites for hydroxylation is 2. The van der Waals surface area contributed by atoms with E-state index >= 15 is 0 Å². The average Bonchev–Trinajstić information content (AvgIpc) is 2.63. The smallest absolute Gasteiger partial charge is 0.118 e. The van der Waals surface area contributed by atoms with Gasteiger partial charge in [0.25, 0.3) is 0 Å². The minimum atomic E-state index is -0.159. The van der Waals surface area contributed by atoms with Crippen molar-refractivity contribution in [3.8, 4) is 5.75 Å². The van der Waals surface area contributed by atoms with E-state index < -0.39 is 0 Å². The third kappa shape index (κ3) is 2.14. The minimum absolute atomic E-state index is 0.159. The van der Waals surface area contributed by atoms with E-state index in [1.807, 2.05) is 45.0 Å². The fourth-order valence-corrected chi connectivity index (χ4v) is 2.25. The number of benzene rings is 1. The first-order chi connectivity index (χ1) is 8.54. The molecule has 1 aromatic carbocycles. The van der Waals surface area contributed by atoms with Crippen molar-refractivity contribution < 1.29 is 9.15 Å². The van der Waals surface area contributed by atoms with Crippen LogP contribution in [0.5, 0.6) is 5.75 Å². The summed E-state index contributed by atoms with van der Waals surface area (Å²) in [5, 5.41) is 0. The molecule has 2 N–H and O–H groups in total. The minimum Gasteiger partial charge on any atom is -0.497 e. The van der Waals surface area contributed by atoms with Gasteiger partial charge in [0.1, 0.15) is 17.3 Å². The van der Waals surface area contributed by atoms with Crippen LogP contribution in [0.25, 0.3) is 0 Å². The van der Waals surface area contributed by atoms with Crippen molar-refractivity contribution >= 4 is 0 Å². The maximum absolute atomic E-state index is 6.32. The summed E-state index contributed by atoms with van der Waals surface area (Å²) in [6.45, 7) is 5.97. The third-order valence-electron chi connectivity index (χ3n) is 3.40. The highest BCUT2D eigenvalue weighted by atomic mass is 16.5. The van der Waals surface area contributed by atoms with E-state index in [0.29, 0.717) is 0 Å². The summed E-state index contributed by atoms with van der Waals surface area (Å²) in [5.74, 6) is 2.67. The Hall–Kier alpha value is -1.74. The van der Waals surface area contributed by atoms with Gasteiger partial charge in [-0.15, -0.1) is 0 Å². The van der Waals surface area contributed by atoms with Crippen LogP contribution in [-0.2, 0) is 0 Å². The molecule has 0 aliphatic heterocycles. The van der Waals surface area contributed by atoms with Gasteiger partial charge in [-0.3, -0.25) is 0 Å². The molecule has 0 bridgehead atoms. The van der Waals surface area contributed by atoms with Gasteiger partial charge in [0.2, 0.25) is 0 Å². The van der Waals surface area contributed by atoms with E-state index in [0.717, 1.165) is 34.0 Å². The molecule has 0 aliphatic carbocycles. The van der Waals surface area contributed by atoms with Gasteiger partial charge in [-0.25, -0.2) is 0 Å². The zero-order valence-corrected chi connectivity index (χ0v) is 11.3. The van der Waals surface area contributed by atoms with Gasteiger partial charge in [-0.1, -0.05) is 12.1 Å². The Labute approximate surface area is 108 Å². The quantitative estimate of drug-likeness (QED) is 0.902. The molecular formula is C15H19NO2. The fourth-order valence-electron chi connectivity index (χ4n) is 2.25. The summed E-state index contributed by atoms with van der Waals surface area (Å²) in [4.78, 5) is 0. The highest BCUT2D eigenvalue weighted by Crippen LogP contribution is 2.30. The molecule has 0 radical (unpaired) electrons. The lowest BCUT2D eigenvalue weighted by atomic mass is 9.96. The summed E-state index contributed by atoms with van der Waals surface area (Å²) in [6, 6.07) is 7.67. The van der Waals surface area contributed by atoms with Crippen LogP contribution in [-0.4, -0.2) is 7.11 Å². The van der Waals surface area contributed by atoms with E-state index in [1.165, 1.54) is 0 Å². The number of hydrogen-bond acceptors (Lipinski definition) is 3. The number of ether oxygens (including phenoxy) is 1. The van der Waals surface area contributed by atoms with E-state index in [2.05, 4.69) is 0 Å². The maximum Gasteiger partial charge on any atom is 0.118 e. The van der Waals surface area contributed by atoms with Crippen molar-refractivity contribution in [2.75, 3.05) is 7.11 Å². The van der Waals surface area contributed by atoms with E-state index in [4.69, 9.17) is 14.9 Å². The third-order valence-corrected chi connectivity index (χ3v) is 3.40. The molecule has 1 heterocycles. The molecule has 1 unspecified atom stereocenters. The predicted octanol–water partition coefficient (Wildman–Crippen LogP) is 3.26. The summed E-state index contributed by atoms with van der Waals surface area (Å²) in [6.07, 6.45) is 0. The zero-order chi connectivity index (χ0) is 13.3. The van der Waals surface area contributed by atoms with E-state index in [9.17, 15) is 0 Å². The summed E-state index contributed by atoms with van der Waals surface area (Å²) in [5.41, 5.74) is 9.60. The first-order valence-electron chi connectivity index (χ1n) is 6.00. The van der Waals surface area contributed by atoms with Gasteiger partial charge < -0.3 is 14.9 Å². The van der Waals surface area contributed by atoms with Crippen LogP contribution in [0, 0.1) is 20.8 Å². The molecule has 0 spiro atoms. The van der Waals surface area contributed by atoms with Crippen molar-refractivity contribution in [3.05, 3.63) is 52.5 Å². The topological polar surface area (TPSA) is 48.4 Å². The molecular weight excluding hydrogens is 226 g/mol. The number of nitrogens with two attached hydrogens (primary N) is 1. The highest BCUT2D eigenvalue weighted by Gasteiger charge is 2.19. The largest absolute Gasteiger partial charge is 0.497 e. The van der Waals surface area contributed by atoms with E-state index in [1.54, 1.807) is 7.11 Å². The number of methoxy groups -OCH3 is 1. The highest BCUT2D eigenvalue weighted by molar-refractivity contribution is 5.41.